The summed E-state index contributed by atoms with van der Waals surface area (Å²) in [7, 11) is 0. The van der Waals surface area contributed by atoms with Crippen LogP contribution in [0.15, 0.2) is 59.1 Å². The predicted octanol–water partition coefficient (Wildman–Crippen LogP) is 3.90. The summed E-state index contributed by atoms with van der Waals surface area (Å²) in [5, 5.41) is 29.7. The van der Waals surface area contributed by atoms with Crippen LogP contribution < -0.4 is 5.56 Å². The molecule has 1 aromatic carbocycles. The number of hydrogen-bond acceptors (Lipinski definition) is 5. The maximum atomic E-state index is 12.5. The highest BCUT2D eigenvalue weighted by molar-refractivity contribution is 6.07. The number of ketones is 1. The normalized spacial score (nSPS) is 13.1. The molecule has 2 aromatic rings. The third-order valence-corrected chi connectivity index (χ3v) is 4.28. The zero-order chi connectivity index (χ0) is 20.1. The minimum atomic E-state index is -1.01. The molecule has 0 radical (unpaired) electrons. The number of aromatic nitrogens is 1. The fourth-order valence-electron chi connectivity index (χ4n) is 2.58. The molecule has 0 aliphatic heterocycles. The molecule has 0 saturated heterocycles. The molecule has 142 valence electrons. The first kappa shape index (κ1) is 20.0. The van der Waals surface area contributed by atoms with Gasteiger partial charge in [0.15, 0.2) is 5.78 Å². The Morgan fingerprint density at radius 3 is 2.41 bits per heavy atom. The van der Waals surface area contributed by atoms with Gasteiger partial charge in [-0.05, 0) is 36.6 Å². The molecular formula is C21H23NO5. The first-order valence-electron chi connectivity index (χ1n) is 8.62. The second-order valence-corrected chi connectivity index (χ2v) is 6.46. The molecule has 0 saturated carbocycles. The summed E-state index contributed by atoms with van der Waals surface area (Å²) < 4.78 is 0.269. The van der Waals surface area contributed by atoms with E-state index >= 15 is 0 Å². The van der Waals surface area contributed by atoms with Crippen LogP contribution in [0.4, 0.5) is 0 Å². The quantitative estimate of drug-likeness (QED) is 0.310. The number of allylic oxidation sites excluding steroid dienone is 4. The summed E-state index contributed by atoms with van der Waals surface area (Å²) in [5.41, 5.74) is -0.139. The summed E-state index contributed by atoms with van der Waals surface area (Å²) in [4.78, 5) is 24.7. The zero-order valence-corrected chi connectivity index (χ0v) is 15.5. The second-order valence-electron chi connectivity index (χ2n) is 6.46. The van der Waals surface area contributed by atoms with Gasteiger partial charge in [-0.15, -0.1) is 0 Å². The minimum absolute atomic E-state index is 0.0263. The van der Waals surface area contributed by atoms with Gasteiger partial charge >= 0.3 is 0 Å². The van der Waals surface area contributed by atoms with E-state index in [2.05, 4.69) is 13.8 Å². The molecule has 0 aliphatic rings. The Bertz CT molecular complexity index is 952. The van der Waals surface area contributed by atoms with Crippen molar-refractivity contribution in [3.63, 3.8) is 0 Å². The van der Waals surface area contributed by atoms with Crippen LogP contribution in [0.3, 0.4) is 0 Å². The van der Waals surface area contributed by atoms with Crippen molar-refractivity contribution >= 4 is 5.78 Å². The van der Waals surface area contributed by atoms with Gasteiger partial charge in [-0.3, -0.25) is 9.59 Å². The monoisotopic (exact) mass is 369 g/mol. The van der Waals surface area contributed by atoms with Crippen LogP contribution in [0.25, 0.3) is 11.1 Å². The summed E-state index contributed by atoms with van der Waals surface area (Å²) in [5.74, 6) is -0.851. The molecule has 27 heavy (non-hydrogen) atoms. The van der Waals surface area contributed by atoms with Crippen molar-refractivity contribution in [2.45, 2.75) is 27.2 Å². The van der Waals surface area contributed by atoms with E-state index in [0.717, 1.165) is 18.2 Å². The Labute approximate surface area is 157 Å². The van der Waals surface area contributed by atoms with Gasteiger partial charge in [0, 0.05) is 5.56 Å². The number of aromatic hydroxyl groups is 2. The molecule has 6 nitrogen and oxygen atoms in total. The van der Waals surface area contributed by atoms with Gasteiger partial charge in [0.2, 0.25) is 0 Å². The van der Waals surface area contributed by atoms with Crippen molar-refractivity contribution < 1.29 is 20.2 Å². The number of nitrogens with zero attached hydrogens (tertiary/aromatic N) is 1. The lowest BCUT2D eigenvalue weighted by molar-refractivity contribution is 0.103. The fourth-order valence-corrected chi connectivity index (χ4v) is 2.58. The van der Waals surface area contributed by atoms with Crippen LogP contribution in [-0.4, -0.2) is 25.9 Å². The van der Waals surface area contributed by atoms with E-state index < -0.39 is 22.7 Å². The van der Waals surface area contributed by atoms with Crippen molar-refractivity contribution in [2.24, 2.45) is 5.92 Å². The molecule has 0 bridgehead atoms. The van der Waals surface area contributed by atoms with Crippen LogP contribution in [0.2, 0.25) is 0 Å². The smallest absolute Gasteiger partial charge is 0.297 e. The second kappa shape index (κ2) is 8.40. The molecule has 0 amide bonds. The highest BCUT2D eigenvalue weighted by Gasteiger charge is 2.21. The van der Waals surface area contributed by atoms with E-state index in [0.29, 0.717) is 11.5 Å². The molecule has 0 spiro atoms. The number of carbonyl (C=O) groups is 1. The average molecular weight is 369 g/mol. The number of rotatable bonds is 6. The Hall–Kier alpha value is -3.28. The van der Waals surface area contributed by atoms with E-state index in [9.17, 15) is 25.0 Å². The van der Waals surface area contributed by atoms with E-state index in [1.165, 1.54) is 30.3 Å². The lowest BCUT2D eigenvalue weighted by Gasteiger charge is -2.10. The van der Waals surface area contributed by atoms with Crippen LogP contribution in [-0.2, 0) is 0 Å². The number of hydrogen-bond donors (Lipinski definition) is 3. The predicted molar refractivity (Wildman–Crippen MR) is 103 cm³/mol. The van der Waals surface area contributed by atoms with Gasteiger partial charge in [0.05, 0.1) is 6.20 Å². The molecule has 6 heteroatoms. The van der Waals surface area contributed by atoms with Gasteiger partial charge in [-0.25, -0.2) is 0 Å². The van der Waals surface area contributed by atoms with Crippen molar-refractivity contribution in [3.8, 4) is 22.6 Å². The van der Waals surface area contributed by atoms with E-state index in [1.54, 1.807) is 6.08 Å². The molecule has 0 unspecified atom stereocenters. The summed E-state index contributed by atoms with van der Waals surface area (Å²) >= 11 is 0. The molecule has 1 heterocycles. The summed E-state index contributed by atoms with van der Waals surface area (Å²) in [6.45, 7) is 5.95. The lowest BCUT2D eigenvalue weighted by Crippen LogP contribution is -2.24. The van der Waals surface area contributed by atoms with Crippen LogP contribution in [0.5, 0.6) is 11.5 Å². The SMILES string of the molecule is CC[C@@H](C)C=C(C)C=CC(=O)c1c(O)c(-c2ccc(O)cc2)cn(O)c1=O. The van der Waals surface area contributed by atoms with E-state index in [4.69, 9.17) is 0 Å². The first-order chi connectivity index (χ1) is 12.7. The van der Waals surface area contributed by atoms with Gasteiger partial charge < -0.3 is 15.4 Å². The zero-order valence-electron chi connectivity index (χ0n) is 15.5. The summed E-state index contributed by atoms with van der Waals surface area (Å²) in [6.07, 6.45) is 6.76. The molecule has 0 aliphatic carbocycles. The third-order valence-electron chi connectivity index (χ3n) is 4.28. The van der Waals surface area contributed by atoms with Crippen LogP contribution in [0, 0.1) is 5.92 Å². The molecule has 3 N–H and O–H groups in total. The molecule has 1 atom stereocenters. The van der Waals surface area contributed by atoms with E-state index in [1.807, 2.05) is 13.0 Å². The van der Waals surface area contributed by atoms with Gasteiger partial charge in [0.1, 0.15) is 17.1 Å². The van der Waals surface area contributed by atoms with Crippen LogP contribution >= 0.6 is 0 Å². The molecule has 0 fully saturated rings. The number of pyridine rings is 1. The maximum absolute atomic E-state index is 12.5. The largest absolute Gasteiger partial charge is 0.508 e. The molecular weight excluding hydrogens is 346 g/mol. The maximum Gasteiger partial charge on any atom is 0.297 e. The van der Waals surface area contributed by atoms with Crippen molar-refractivity contribution in [2.75, 3.05) is 0 Å². The lowest BCUT2D eigenvalue weighted by atomic mass is 10.0. The first-order valence-corrected chi connectivity index (χ1v) is 8.62. The third kappa shape index (κ3) is 4.67. The number of phenols is 1. The van der Waals surface area contributed by atoms with Crippen LogP contribution in [0.1, 0.15) is 37.6 Å². The average Bonchev–Trinajstić information content (AvgIpc) is 2.64. The Morgan fingerprint density at radius 2 is 1.81 bits per heavy atom. The Morgan fingerprint density at radius 1 is 1.19 bits per heavy atom. The molecule has 1 aromatic heterocycles. The van der Waals surface area contributed by atoms with Gasteiger partial charge in [-0.2, -0.15) is 4.73 Å². The standard InChI is InChI=1S/C21H23NO5/c1-4-13(2)11-14(3)5-10-18(24)19-20(25)17(12-22(27)21(19)26)15-6-8-16(23)9-7-15/h5-13,23,25,27H,4H2,1-3H3/t13-/m1/s1. The van der Waals surface area contributed by atoms with E-state index in [-0.39, 0.29) is 16.0 Å². The van der Waals surface area contributed by atoms with Crippen molar-refractivity contribution in [3.05, 3.63) is 70.2 Å². The number of benzene rings is 1. The Kier molecular flexibility index (Phi) is 6.23. The number of carbonyl (C=O) groups excluding carboxylic acids is 1. The topological polar surface area (TPSA) is 99.8 Å². The molecule has 2 rings (SSSR count). The summed E-state index contributed by atoms with van der Waals surface area (Å²) in [6, 6.07) is 5.79. The highest BCUT2D eigenvalue weighted by Crippen LogP contribution is 2.31. The fraction of sp³-hybridized carbons (Fsp3) is 0.238. The number of phenolic OH excluding ortho intramolecular Hbond substituents is 1. The Balaban J connectivity index is 2.47. The van der Waals surface area contributed by atoms with Crippen molar-refractivity contribution in [1.29, 1.82) is 0 Å². The minimum Gasteiger partial charge on any atom is -0.508 e. The van der Waals surface area contributed by atoms with Gasteiger partial charge in [-0.1, -0.05) is 50.1 Å². The van der Waals surface area contributed by atoms with Crippen molar-refractivity contribution in [1.82, 2.24) is 4.73 Å². The van der Waals surface area contributed by atoms with Gasteiger partial charge in [0.25, 0.3) is 5.56 Å². The highest BCUT2D eigenvalue weighted by atomic mass is 16.5.